The lowest BCUT2D eigenvalue weighted by Gasteiger charge is -2.25. The third-order valence-electron chi connectivity index (χ3n) is 6.26. The Morgan fingerprint density at radius 3 is 1.56 bits per heavy atom. The molecule has 0 heterocycles. The second-order valence-corrected chi connectivity index (χ2v) is 11.6. The third kappa shape index (κ3) is 6.58. The van der Waals surface area contributed by atoms with E-state index in [0.717, 1.165) is 33.7 Å². The van der Waals surface area contributed by atoms with Gasteiger partial charge in [0.25, 0.3) is 0 Å². The first-order chi connectivity index (χ1) is 16.8. The highest BCUT2D eigenvalue weighted by Crippen LogP contribution is 2.36. The van der Waals surface area contributed by atoms with E-state index >= 15 is 0 Å². The van der Waals surface area contributed by atoms with Gasteiger partial charge in [-0.15, -0.1) is 0 Å². The summed E-state index contributed by atoms with van der Waals surface area (Å²) in [6, 6.07) is 15.7. The second kappa shape index (κ2) is 11.5. The van der Waals surface area contributed by atoms with Crippen molar-refractivity contribution in [1.82, 2.24) is 4.72 Å². The van der Waals surface area contributed by atoms with Crippen molar-refractivity contribution in [3.8, 4) is 0 Å². The molecule has 0 spiro atoms. The van der Waals surface area contributed by atoms with Crippen LogP contribution in [0.2, 0.25) is 5.02 Å². The van der Waals surface area contributed by atoms with Gasteiger partial charge in [0.15, 0.2) is 0 Å². The largest absolute Gasteiger partial charge is 0.416 e. The Bertz CT molecular complexity index is 1170. The zero-order valence-electron chi connectivity index (χ0n) is 21.4. The molecule has 0 amide bonds. The van der Waals surface area contributed by atoms with Gasteiger partial charge in [-0.1, -0.05) is 89.5 Å². The zero-order valence-corrected chi connectivity index (χ0v) is 23.0. The summed E-state index contributed by atoms with van der Waals surface area (Å²) in [6.45, 7) is 12.6. The fourth-order valence-corrected chi connectivity index (χ4v) is 5.87. The van der Waals surface area contributed by atoms with Crippen molar-refractivity contribution in [1.29, 1.82) is 0 Å². The fraction of sp³-hybridized carbons (Fsp3) is 0.379. The van der Waals surface area contributed by atoms with Crippen LogP contribution in [0.3, 0.4) is 0 Å². The molecule has 0 aromatic heterocycles. The van der Waals surface area contributed by atoms with Gasteiger partial charge in [-0.2, -0.15) is 13.2 Å². The smallest absolute Gasteiger partial charge is 0.237 e. The SMILES string of the molecule is CC(C)c1cc(C(C)C)c(S(=O)N[C@@H](c2ccc(Cl)cc2)c2ccc(C(F)(F)F)cc2)c(C(C)C)c1. The fourth-order valence-electron chi connectivity index (χ4n) is 4.12. The molecule has 1 N–H and O–H groups in total. The minimum Gasteiger partial charge on any atom is -0.237 e. The van der Waals surface area contributed by atoms with Crippen LogP contribution in [-0.2, 0) is 17.2 Å². The maximum absolute atomic E-state index is 14.0. The number of nitrogens with one attached hydrogen (secondary N) is 1. The summed E-state index contributed by atoms with van der Waals surface area (Å²) in [5.74, 6) is 0.605. The first-order valence-corrected chi connectivity index (χ1v) is 13.6. The van der Waals surface area contributed by atoms with Gasteiger partial charge in [-0.05, 0) is 69.8 Å². The molecule has 0 radical (unpaired) electrons. The number of alkyl halides is 3. The van der Waals surface area contributed by atoms with Gasteiger partial charge in [0.2, 0.25) is 0 Å². The van der Waals surface area contributed by atoms with Crippen molar-refractivity contribution < 1.29 is 17.4 Å². The van der Waals surface area contributed by atoms with Crippen molar-refractivity contribution >= 4 is 22.6 Å². The van der Waals surface area contributed by atoms with Crippen LogP contribution >= 0.6 is 11.6 Å². The normalized spacial score (nSPS) is 14.0. The van der Waals surface area contributed by atoms with E-state index in [0.29, 0.717) is 16.5 Å². The highest BCUT2D eigenvalue weighted by atomic mass is 35.5. The third-order valence-corrected chi connectivity index (χ3v) is 7.81. The summed E-state index contributed by atoms with van der Waals surface area (Å²) in [6.07, 6.45) is -4.43. The molecule has 3 rings (SSSR count). The Morgan fingerprint density at radius 1 is 0.722 bits per heavy atom. The zero-order chi connectivity index (χ0) is 26.8. The molecular formula is C29H33ClF3NOS. The van der Waals surface area contributed by atoms with Crippen molar-refractivity contribution in [2.24, 2.45) is 0 Å². The number of halogens is 4. The first kappa shape index (κ1) is 28.4. The van der Waals surface area contributed by atoms with Crippen LogP contribution in [0.25, 0.3) is 0 Å². The maximum Gasteiger partial charge on any atom is 0.416 e. The van der Waals surface area contributed by atoms with E-state index in [2.05, 4.69) is 58.4 Å². The van der Waals surface area contributed by atoms with E-state index in [9.17, 15) is 17.4 Å². The Balaban J connectivity index is 2.12. The molecule has 0 saturated carbocycles. The van der Waals surface area contributed by atoms with Crippen molar-refractivity contribution in [3.05, 3.63) is 99.1 Å². The van der Waals surface area contributed by atoms with Crippen LogP contribution in [-0.4, -0.2) is 4.21 Å². The van der Waals surface area contributed by atoms with E-state index < -0.39 is 28.8 Å². The van der Waals surface area contributed by atoms with Crippen LogP contribution in [0.15, 0.2) is 65.6 Å². The Labute approximate surface area is 219 Å². The molecule has 194 valence electrons. The molecule has 36 heavy (non-hydrogen) atoms. The number of rotatable bonds is 8. The second-order valence-electron chi connectivity index (χ2n) is 9.98. The highest BCUT2D eigenvalue weighted by Gasteiger charge is 2.31. The van der Waals surface area contributed by atoms with E-state index in [1.165, 1.54) is 17.7 Å². The van der Waals surface area contributed by atoms with Crippen LogP contribution in [0.5, 0.6) is 0 Å². The summed E-state index contributed by atoms with van der Waals surface area (Å²) in [5.41, 5.74) is 3.82. The lowest BCUT2D eigenvalue weighted by atomic mass is 9.89. The summed E-state index contributed by atoms with van der Waals surface area (Å²) < 4.78 is 56.8. The van der Waals surface area contributed by atoms with Crippen molar-refractivity contribution in [3.63, 3.8) is 0 Å². The lowest BCUT2D eigenvalue weighted by Crippen LogP contribution is -2.27. The first-order valence-electron chi connectivity index (χ1n) is 12.1. The molecular weight excluding hydrogens is 503 g/mol. The average molecular weight is 536 g/mol. The monoisotopic (exact) mass is 535 g/mol. The number of benzene rings is 3. The van der Waals surface area contributed by atoms with E-state index in [4.69, 9.17) is 11.6 Å². The van der Waals surface area contributed by atoms with Crippen molar-refractivity contribution in [2.45, 2.75) is 76.4 Å². The molecule has 2 nitrogen and oxygen atoms in total. The molecule has 3 aromatic rings. The average Bonchev–Trinajstić information content (AvgIpc) is 2.81. The molecule has 0 aliphatic rings. The standard InChI is InChI=1S/C29H33ClF3NOS/c1-17(2)22-15-25(18(3)4)28(26(16-22)19(5)6)36(35)34-27(21-9-13-24(30)14-10-21)20-7-11-23(12-8-20)29(31,32)33/h7-19,27,34H,1-6H3/t27-,36?/m1/s1. The van der Waals surface area contributed by atoms with E-state index in [1.54, 1.807) is 24.3 Å². The summed E-state index contributed by atoms with van der Waals surface area (Å²) >= 11 is 6.08. The number of hydrogen-bond donors (Lipinski definition) is 1. The van der Waals surface area contributed by atoms with Crippen LogP contribution in [0, 0.1) is 0 Å². The summed E-state index contributed by atoms with van der Waals surface area (Å²) in [4.78, 5) is 0.746. The van der Waals surface area contributed by atoms with Gasteiger partial charge in [0.05, 0.1) is 16.5 Å². The van der Waals surface area contributed by atoms with Gasteiger partial charge >= 0.3 is 6.18 Å². The molecule has 1 unspecified atom stereocenters. The van der Waals surface area contributed by atoms with E-state index in [-0.39, 0.29) is 11.8 Å². The Morgan fingerprint density at radius 2 is 1.17 bits per heavy atom. The van der Waals surface area contributed by atoms with Crippen LogP contribution in [0.4, 0.5) is 13.2 Å². The van der Waals surface area contributed by atoms with Gasteiger partial charge in [-0.3, -0.25) is 0 Å². The molecule has 0 saturated heterocycles. The molecule has 0 aliphatic heterocycles. The minimum absolute atomic E-state index is 0.141. The Hall–Kier alpha value is -2.15. The molecule has 2 atom stereocenters. The topological polar surface area (TPSA) is 29.1 Å². The molecule has 0 fully saturated rings. The van der Waals surface area contributed by atoms with Crippen LogP contribution < -0.4 is 4.72 Å². The lowest BCUT2D eigenvalue weighted by molar-refractivity contribution is -0.137. The Kier molecular flexibility index (Phi) is 9.07. The highest BCUT2D eigenvalue weighted by molar-refractivity contribution is 7.83. The van der Waals surface area contributed by atoms with Gasteiger partial charge in [0, 0.05) is 5.02 Å². The maximum atomic E-state index is 14.0. The molecule has 0 bridgehead atoms. The quantitative estimate of drug-likeness (QED) is 0.306. The van der Waals surface area contributed by atoms with Gasteiger partial charge in [0.1, 0.15) is 11.0 Å². The predicted octanol–water partition coefficient (Wildman–Crippen LogP) is 9.13. The molecule has 0 aliphatic carbocycles. The van der Waals surface area contributed by atoms with E-state index in [1.807, 2.05) is 0 Å². The minimum atomic E-state index is -4.43. The molecule has 7 heteroatoms. The molecule has 3 aromatic carbocycles. The summed E-state index contributed by atoms with van der Waals surface area (Å²) in [7, 11) is -1.63. The number of hydrogen-bond acceptors (Lipinski definition) is 1. The predicted molar refractivity (Wildman–Crippen MR) is 143 cm³/mol. The van der Waals surface area contributed by atoms with Crippen molar-refractivity contribution in [2.75, 3.05) is 0 Å². The summed E-state index contributed by atoms with van der Waals surface area (Å²) in [5, 5.41) is 0.541. The van der Waals surface area contributed by atoms with Crippen LogP contribution in [0.1, 0.15) is 98.7 Å². The van der Waals surface area contributed by atoms with Gasteiger partial charge in [-0.25, -0.2) is 8.93 Å². The van der Waals surface area contributed by atoms with Gasteiger partial charge < -0.3 is 0 Å².